The fourth-order valence-electron chi connectivity index (χ4n) is 3.71. The number of aryl methyl sites for hydroxylation is 1. The van der Waals surface area contributed by atoms with Crippen molar-refractivity contribution >= 4 is 39.2 Å². The second-order valence-electron chi connectivity index (χ2n) is 7.63. The van der Waals surface area contributed by atoms with Crippen molar-refractivity contribution in [3.05, 3.63) is 32.9 Å². The summed E-state index contributed by atoms with van der Waals surface area (Å²) in [4.78, 5) is 34.5. The highest BCUT2D eigenvalue weighted by atomic mass is 32.2. The van der Waals surface area contributed by atoms with E-state index in [-0.39, 0.29) is 17.2 Å². The van der Waals surface area contributed by atoms with Gasteiger partial charge < -0.3 is 4.90 Å². The molecular formula is C21H29N3O2S2. The Morgan fingerprint density at radius 3 is 2.82 bits per heavy atom. The van der Waals surface area contributed by atoms with Gasteiger partial charge in [-0.25, -0.2) is 4.98 Å². The van der Waals surface area contributed by atoms with Crippen molar-refractivity contribution in [2.75, 3.05) is 18.8 Å². The molecule has 1 aliphatic rings. The quantitative estimate of drug-likeness (QED) is 0.385. The van der Waals surface area contributed by atoms with Gasteiger partial charge in [0.05, 0.1) is 11.1 Å². The Morgan fingerprint density at radius 1 is 1.43 bits per heavy atom. The van der Waals surface area contributed by atoms with Crippen LogP contribution in [-0.4, -0.2) is 39.2 Å². The zero-order valence-electron chi connectivity index (χ0n) is 17.2. The van der Waals surface area contributed by atoms with Crippen molar-refractivity contribution in [1.29, 1.82) is 0 Å². The van der Waals surface area contributed by atoms with Crippen LogP contribution in [0.2, 0.25) is 0 Å². The van der Waals surface area contributed by atoms with Gasteiger partial charge >= 0.3 is 0 Å². The number of likely N-dealkylation sites (N-methyl/N-ethyl adjacent to an activating group) is 1. The van der Waals surface area contributed by atoms with E-state index in [2.05, 4.69) is 13.5 Å². The first-order valence-corrected chi connectivity index (χ1v) is 11.8. The van der Waals surface area contributed by atoms with E-state index in [4.69, 9.17) is 4.98 Å². The van der Waals surface area contributed by atoms with Crippen LogP contribution in [0.4, 0.5) is 0 Å². The zero-order valence-corrected chi connectivity index (χ0v) is 18.8. The van der Waals surface area contributed by atoms with Crippen molar-refractivity contribution < 1.29 is 4.79 Å². The van der Waals surface area contributed by atoms with Gasteiger partial charge in [0.2, 0.25) is 5.91 Å². The molecule has 1 amide bonds. The Labute approximate surface area is 174 Å². The Balaban J connectivity index is 1.90. The monoisotopic (exact) mass is 419 g/mol. The molecule has 0 radical (unpaired) electrons. The predicted octanol–water partition coefficient (Wildman–Crippen LogP) is 4.12. The normalized spacial score (nSPS) is 16.2. The summed E-state index contributed by atoms with van der Waals surface area (Å²) in [6, 6.07) is 0. The van der Waals surface area contributed by atoms with Crippen LogP contribution in [0.15, 0.2) is 22.1 Å². The Kier molecular flexibility index (Phi) is 6.65. The highest BCUT2D eigenvalue weighted by Crippen LogP contribution is 2.36. The van der Waals surface area contributed by atoms with Crippen LogP contribution in [0.1, 0.15) is 44.6 Å². The SMILES string of the molecule is C=C(C)CN(CC)C(=O)CSc1nc2sc3c(c2c(=O)n1CC)CCC(C)C3. The van der Waals surface area contributed by atoms with Crippen molar-refractivity contribution in [2.24, 2.45) is 5.92 Å². The van der Waals surface area contributed by atoms with Gasteiger partial charge in [0.15, 0.2) is 5.16 Å². The summed E-state index contributed by atoms with van der Waals surface area (Å²) in [7, 11) is 0. The Hall–Kier alpha value is -1.60. The molecule has 1 atom stereocenters. The van der Waals surface area contributed by atoms with Crippen LogP contribution in [-0.2, 0) is 24.2 Å². The number of rotatable bonds is 7. The largest absolute Gasteiger partial charge is 0.338 e. The van der Waals surface area contributed by atoms with Crippen LogP contribution in [0.25, 0.3) is 10.2 Å². The maximum absolute atomic E-state index is 13.2. The van der Waals surface area contributed by atoms with Crippen molar-refractivity contribution in [3.8, 4) is 0 Å². The number of thioether (sulfide) groups is 1. The average molecular weight is 420 g/mol. The number of thiophene rings is 1. The summed E-state index contributed by atoms with van der Waals surface area (Å²) in [5.41, 5.74) is 2.22. The van der Waals surface area contributed by atoms with Gasteiger partial charge in [0.25, 0.3) is 5.56 Å². The molecule has 0 fully saturated rings. The van der Waals surface area contributed by atoms with Crippen molar-refractivity contribution in [3.63, 3.8) is 0 Å². The molecule has 0 saturated carbocycles. The summed E-state index contributed by atoms with van der Waals surface area (Å²) in [5, 5.41) is 1.45. The lowest BCUT2D eigenvalue weighted by atomic mass is 9.89. The first-order valence-electron chi connectivity index (χ1n) is 9.95. The molecule has 2 aromatic heterocycles. The molecule has 152 valence electrons. The first kappa shape index (κ1) is 21.1. The van der Waals surface area contributed by atoms with E-state index in [1.165, 1.54) is 22.2 Å². The molecule has 2 heterocycles. The van der Waals surface area contributed by atoms with Crippen LogP contribution >= 0.6 is 23.1 Å². The highest BCUT2D eigenvalue weighted by Gasteiger charge is 2.25. The molecule has 0 aromatic carbocycles. The standard InChI is InChI=1S/C21H29N3O2S2/c1-6-23(11-13(3)4)17(25)12-27-21-22-19-18(20(26)24(21)7-2)15-9-8-14(5)10-16(15)28-19/h14H,3,6-12H2,1-2,4-5H3. The number of carbonyl (C=O) groups is 1. The fourth-order valence-corrected chi connectivity index (χ4v) is 6.10. The van der Waals surface area contributed by atoms with E-state index < -0.39 is 0 Å². The van der Waals surface area contributed by atoms with Gasteiger partial charge in [-0.2, -0.15) is 0 Å². The van der Waals surface area contributed by atoms with Gasteiger partial charge in [-0.1, -0.05) is 30.8 Å². The Bertz CT molecular complexity index is 961. The number of fused-ring (bicyclic) bond motifs is 3. The number of amides is 1. The molecule has 28 heavy (non-hydrogen) atoms. The third-order valence-corrected chi connectivity index (χ3v) is 7.33. The smallest absolute Gasteiger partial charge is 0.263 e. The molecule has 2 aromatic rings. The molecule has 0 aliphatic heterocycles. The lowest BCUT2D eigenvalue weighted by molar-refractivity contribution is -0.127. The van der Waals surface area contributed by atoms with Gasteiger partial charge in [0, 0.05) is 24.5 Å². The number of nitrogens with zero attached hydrogens (tertiary/aromatic N) is 3. The van der Waals surface area contributed by atoms with Gasteiger partial charge in [-0.05, 0) is 51.5 Å². The van der Waals surface area contributed by atoms with E-state index in [9.17, 15) is 9.59 Å². The maximum atomic E-state index is 13.2. The summed E-state index contributed by atoms with van der Waals surface area (Å²) in [6.45, 7) is 13.8. The molecular weight excluding hydrogens is 390 g/mol. The fraction of sp³-hybridized carbons (Fsp3) is 0.571. The van der Waals surface area contributed by atoms with Crippen LogP contribution in [0, 0.1) is 5.92 Å². The molecule has 1 aliphatic carbocycles. The number of carbonyl (C=O) groups excluding carboxylic acids is 1. The minimum atomic E-state index is 0.0452. The number of aromatic nitrogens is 2. The lowest BCUT2D eigenvalue weighted by Gasteiger charge is -2.21. The Morgan fingerprint density at radius 2 is 2.18 bits per heavy atom. The van der Waals surface area contributed by atoms with Gasteiger partial charge in [-0.3, -0.25) is 14.2 Å². The molecule has 1 unspecified atom stereocenters. The van der Waals surface area contributed by atoms with E-state index >= 15 is 0 Å². The number of hydrogen-bond acceptors (Lipinski definition) is 5. The summed E-state index contributed by atoms with van der Waals surface area (Å²) in [5.74, 6) is 0.988. The molecule has 0 bridgehead atoms. The van der Waals surface area contributed by atoms with E-state index in [1.807, 2.05) is 20.8 Å². The van der Waals surface area contributed by atoms with E-state index in [1.54, 1.807) is 20.8 Å². The molecule has 3 rings (SSSR count). The number of hydrogen-bond donors (Lipinski definition) is 0. The lowest BCUT2D eigenvalue weighted by Crippen LogP contribution is -2.33. The van der Waals surface area contributed by atoms with E-state index in [0.29, 0.717) is 30.7 Å². The van der Waals surface area contributed by atoms with Crippen LogP contribution in [0.3, 0.4) is 0 Å². The summed E-state index contributed by atoms with van der Waals surface area (Å²) >= 11 is 3.02. The molecule has 0 spiro atoms. The zero-order chi connectivity index (χ0) is 20.4. The highest BCUT2D eigenvalue weighted by molar-refractivity contribution is 7.99. The topological polar surface area (TPSA) is 55.2 Å². The van der Waals surface area contributed by atoms with E-state index in [0.717, 1.165) is 35.1 Å². The second kappa shape index (κ2) is 8.82. The second-order valence-corrected chi connectivity index (χ2v) is 9.66. The minimum absolute atomic E-state index is 0.0452. The van der Waals surface area contributed by atoms with Gasteiger partial charge in [-0.15, -0.1) is 11.3 Å². The molecule has 7 heteroatoms. The molecule has 0 N–H and O–H groups in total. The molecule has 5 nitrogen and oxygen atoms in total. The maximum Gasteiger partial charge on any atom is 0.263 e. The third-order valence-electron chi connectivity index (χ3n) is 5.22. The van der Waals surface area contributed by atoms with Crippen LogP contribution in [0.5, 0.6) is 0 Å². The summed E-state index contributed by atoms with van der Waals surface area (Å²) < 4.78 is 1.72. The molecule has 0 saturated heterocycles. The van der Waals surface area contributed by atoms with Crippen molar-refractivity contribution in [2.45, 2.75) is 58.7 Å². The third kappa shape index (κ3) is 4.20. The van der Waals surface area contributed by atoms with Crippen molar-refractivity contribution in [1.82, 2.24) is 14.5 Å². The van der Waals surface area contributed by atoms with Crippen LogP contribution < -0.4 is 5.56 Å². The summed E-state index contributed by atoms with van der Waals surface area (Å²) in [6.07, 6.45) is 3.13. The predicted molar refractivity (Wildman–Crippen MR) is 119 cm³/mol. The first-order chi connectivity index (χ1) is 13.3. The van der Waals surface area contributed by atoms with Gasteiger partial charge in [0.1, 0.15) is 4.83 Å². The minimum Gasteiger partial charge on any atom is -0.338 e. The average Bonchev–Trinajstić information content (AvgIpc) is 3.01.